The summed E-state index contributed by atoms with van der Waals surface area (Å²) in [4.78, 5) is 25.3. The van der Waals surface area contributed by atoms with Crippen LogP contribution < -0.4 is 10.6 Å². The summed E-state index contributed by atoms with van der Waals surface area (Å²) in [7, 11) is -3.73. The number of nitrogens with one attached hydrogen (secondary N) is 2. The van der Waals surface area contributed by atoms with Gasteiger partial charge in [-0.15, -0.1) is 11.8 Å². The summed E-state index contributed by atoms with van der Waals surface area (Å²) in [6, 6.07) is 10.3. The lowest BCUT2D eigenvalue weighted by Gasteiger charge is -2.22. The smallest absolute Gasteiger partial charge is 0.237 e. The minimum Gasteiger partial charge on any atom is -0.326 e. The van der Waals surface area contributed by atoms with Crippen LogP contribution in [0.4, 0.5) is 11.4 Å². The third kappa shape index (κ3) is 4.48. The third-order valence-corrected chi connectivity index (χ3v) is 8.41. The van der Waals surface area contributed by atoms with E-state index in [1.807, 2.05) is 26.0 Å². The molecule has 2 N–H and O–H groups in total. The third-order valence-electron chi connectivity index (χ3n) is 5.09. The van der Waals surface area contributed by atoms with Gasteiger partial charge < -0.3 is 10.6 Å². The normalized spacial score (nSPS) is 17.2. The van der Waals surface area contributed by atoms with Crippen LogP contribution in [0.1, 0.15) is 31.4 Å². The molecule has 0 radical (unpaired) electrons. The lowest BCUT2D eigenvalue weighted by atomic mass is 10.1. The summed E-state index contributed by atoms with van der Waals surface area (Å²) in [6.07, 6.45) is -0.162. The number of carbonyl (C=O) groups is 2. The zero-order chi connectivity index (χ0) is 21.3. The van der Waals surface area contributed by atoms with E-state index < -0.39 is 15.1 Å². The number of hydrogen-bond acceptors (Lipinski definition) is 5. The summed E-state index contributed by atoms with van der Waals surface area (Å²) in [5, 5.41) is 4.41. The van der Waals surface area contributed by atoms with Gasteiger partial charge in [-0.25, -0.2) is 8.42 Å². The topological polar surface area (TPSA) is 92.3 Å². The van der Waals surface area contributed by atoms with Crippen LogP contribution in [-0.2, 0) is 19.4 Å². The molecule has 0 aliphatic carbocycles. The molecule has 1 aliphatic heterocycles. The lowest BCUT2D eigenvalue weighted by Crippen LogP contribution is -2.27. The maximum atomic E-state index is 13.0. The number of carbonyl (C=O) groups excluding carboxylic acids is 2. The summed E-state index contributed by atoms with van der Waals surface area (Å²) in [5.41, 5.74) is 3.17. The van der Waals surface area contributed by atoms with Gasteiger partial charge in [-0.1, -0.05) is 12.1 Å². The van der Waals surface area contributed by atoms with Gasteiger partial charge in [0, 0.05) is 17.0 Å². The fourth-order valence-corrected chi connectivity index (χ4v) is 5.36. The number of sulfone groups is 1. The van der Waals surface area contributed by atoms with Crippen molar-refractivity contribution in [1.82, 2.24) is 0 Å². The molecule has 2 aromatic carbocycles. The molecule has 8 heteroatoms. The van der Waals surface area contributed by atoms with E-state index in [1.165, 1.54) is 30.8 Å². The van der Waals surface area contributed by atoms with Crippen LogP contribution in [0, 0.1) is 13.8 Å². The molecule has 0 unspecified atom stereocenters. The van der Waals surface area contributed by atoms with Gasteiger partial charge >= 0.3 is 0 Å². The van der Waals surface area contributed by atoms with Crippen LogP contribution in [0.5, 0.6) is 0 Å². The second kappa shape index (κ2) is 8.20. The molecule has 154 valence electrons. The Bertz CT molecular complexity index is 1080. The van der Waals surface area contributed by atoms with Crippen molar-refractivity contribution < 1.29 is 18.0 Å². The first-order valence-corrected chi connectivity index (χ1v) is 11.7. The van der Waals surface area contributed by atoms with Crippen molar-refractivity contribution in [3.63, 3.8) is 0 Å². The molecule has 29 heavy (non-hydrogen) atoms. The van der Waals surface area contributed by atoms with Gasteiger partial charge in [0.05, 0.1) is 21.1 Å². The van der Waals surface area contributed by atoms with Gasteiger partial charge in [-0.3, -0.25) is 9.59 Å². The van der Waals surface area contributed by atoms with E-state index in [1.54, 1.807) is 19.1 Å². The van der Waals surface area contributed by atoms with Gasteiger partial charge in [-0.2, -0.15) is 0 Å². The Hall–Kier alpha value is -2.32. The highest BCUT2D eigenvalue weighted by Gasteiger charge is 2.29. The van der Waals surface area contributed by atoms with E-state index >= 15 is 0 Å². The molecular weight excluding hydrogens is 408 g/mol. The zero-order valence-corrected chi connectivity index (χ0v) is 18.4. The Morgan fingerprint density at radius 3 is 2.69 bits per heavy atom. The summed E-state index contributed by atoms with van der Waals surface area (Å²) < 4.78 is 25.9. The molecule has 0 aromatic heterocycles. The number of anilines is 2. The standard InChI is InChI=1S/C21H24N2O4S2/c1-12-6-5-7-17(14(12)3)22-20(24)10-13(2)29(26,27)16-8-9-19-18(11-16)23-21(25)15(4)28-19/h5-9,11,13,15H,10H2,1-4H3,(H,22,24)(H,23,25)/t13-,15+/m1/s1. The van der Waals surface area contributed by atoms with E-state index in [9.17, 15) is 18.0 Å². The SMILES string of the molecule is Cc1cccc(NC(=O)C[C@@H](C)S(=O)(=O)c2ccc3c(c2)NC(=O)[C@H](C)S3)c1C. The Morgan fingerprint density at radius 2 is 1.97 bits per heavy atom. The second-order valence-corrected chi connectivity index (χ2v) is 11.0. The zero-order valence-electron chi connectivity index (χ0n) is 16.8. The maximum absolute atomic E-state index is 13.0. The molecule has 6 nitrogen and oxygen atoms in total. The number of aryl methyl sites for hydroxylation is 1. The van der Waals surface area contributed by atoms with E-state index in [2.05, 4.69) is 10.6 Å². The molecule has 0 saturated carbocycles. The van der Waals surface area contributed by atoms with Crippen molar-refractivity contribution in [3.05, 3.63) is 47.5 Å². The molecule has 0 spiro atoms. The minimum absolute atomic E-state index is 0.0961. The predicted molar refractivity (Wildman–Crippen MR) is 116 cm³/mol. The highest BCUT2D eigenvalue weighted by Crippen LogP contribution is 2.37. The molecule has 2 aromatic rings. The number of fused-ring (bicyclic) bond motifs is 1. The number of benzene rings is 2. The average molecular weight is 433 g/mol. The molecule has 1 heterocycles. The monoisotopic (exact) mass is 432 g/mol. The Balaban J connectivity index is 1.75. The highest BCUT2D eigenvalue weighted by molar-refractivity contribution is 8.01. The van der Waals surface area contributed by atoms with Crippen LogP contribution >= 0.6 is 11.8 Å². The molecule has 0 fully saturated rings. The highest BCUT2D eigenvalue weighted by atomic mass is 32.2. The molecule has 3 rings (SSSR count). The first-order valence-electron chi connectivity index (χ1n) is 9.31. The summed E-state index contributed by atoms with van der Waals surface area (Å²) in [6.45, 7) is 7.18. The molecule has 0 bridgehead atoms. The van der Waals surface area contributed by atoms with Crippen LogP contribution in [0.25, 0.3) is 0 Å². The summed E-state index contributed by atoms with van der Waals surface area (Å²) in [5.74, 6) is -0.511. The largest absolute Gasteiger partial charge is 0.326 e. The summed E-state index contributed by atoms with van der Waals surface area (Å²) >= 11 is 1.39. The van der Waals surface area contributed by atoms with Crippen molar-refractivity contribution in [2.24, 2.45) is 0 Å². The average Bonchev–Trinajstić information content (AvgIpc) is 2.66. The van der Waals surface area contributed by atoms with Crippen molar-refractivity contribution in [3.8, 4) is 0 Å². The van der Waals surface area contributed by atoms with Gasteiger partial charge in [0.2, 0.25) is 11.8 Å². The van der Waals surface area contributed by atoms with Crippen LogP contribution in [-0.4, -0.2) is 30.7 Å². The number of thioether (sulfide) groups is 1. The molecular formula is C21H24N2O4S2. The van der Waals surface area contributed by atoms with Crippen molar-refractivity contribution >= 4 is 44.8 Å². The number of hydrogen-bond donors (Lipinski definition) is 2. The first-order chi connectivity index (χ1) is 13.6. The van der Waals surface area contributed by atoms with Gasteiger partial charge in [0.1, 0.15) is 0 Å². The van der Waals surface area contributed by atoms with Crippen molar-refractivity contribution in [2.75, 3.05) is 10.6 Å². The first kappa shape index (κ1) is 21.4. The second-order valence-electron chi connectivity index (χ2n) is 7.26. The fourth-order valence-electron chi connectivity index (χ4n) is 3.06. The van der Waals surface area contributed by atoms with Crippen LogP contribution in [0.3, 0.4) is 0 Å². The molecule has 2 atom stereocenters. The molecule has 2 amide bonds. The quantitative estimate of drug-likeness (QED) is 0.747. The van der Waals surface area contributed by atoms with E-state index in [-0.39, 0.29) is 28.4 Å². The predicted octanol–water partition coefficient (Wildman–Crippen LogP) is 3.93. The Labute approximate surface area is 175 Å². The van der Waals surface area contributed by atoms with E-state index in [0.717, 1.165) is 16.0 Å². The minimum atomic E-state index is -3.73. The van der Waals surface area contributed by atoms with Crippen LogP contribution in [0.2, 0.25) is 0 Å². The van der Waals surface area contributed by atoms with E-state index in [4.69, 9.17) is 0 Å². The molecule has 0 saturated heterocycles. The number of amides is 2. The van der Waals surface area contributed by atoms with Gasteiger partial charge in [0.15, 0.2) is 9.84 Å². The Kier molecular flexibility index (Phi) is 6.05. The van der Waals surface area contributed by atoms with Crippen molar-refractivity contribution in [2.45, 2.75) is 54.4 Å². The van der Waals surface area contributed by atoms with Gasteiger partial charge in [0.25, 0.3) is 0 Å². The fraction of sp³-hybridized carbons (Fsp3) is 0.333. The number of rotatable bonds is 5. The Morgan fingerprint density at radius 1 is 1.24 bits per heavy atom. The van der Waals surface area contributed by atoms with Gasteiger partial charge in [-0.05, 0) is 63.1 Å². The van der Waals surface area contributed by atoms with Crippen molar-refractivity contribution in [1.29, 1.82) is 0 Å². The van der Waals surface area contributed by atoms with E-state index in [0.29, 0.717) is 11.4 Å². The van der Waals surface area contributed by atoms with Crippen LogP contribution in [0.15, 0.2) is 46.2 Å². The maximum Gasteiger partial charge on any atom is 0.237 e. The lowest BCUT2D eigenvalue weighted by molar-refractivity contribution is -0.116. The molecule has 1 aliphatic rings.